The zero-order valence-corrected chi connectivity index (χ0v) is 14.3. The van der Waals surface area contributed by atoms with Crippen LogP contribution in [0.2, 0.25) is 0 Å². The molecule has 0 aromatic heterocycles. The van der Waals surface area contributed by atoms with Crippen molar-refractivity contribution in [3.8, 4) is 6.07 Å². The van der Waals surface area contributed by atoms with Crippen LogP contribution in [0.3, 0.4) is 0 Å². The lowest BCUT2D eigenvalue weighted by molar-refractivity contribution is 0.241. The Morgan fingerprint density at radius 1 is 1.00 bits per heavy atom. The molecule has 0 radical (unpaired) electrons. The van der Waals surface area contributed by atoms with Crippen LogP contribution in [0.4, 0.5) is 4.39 Å². The summed E-state index contributed by atoms with van der Waals surface area (Å²) in [5.74, 6) is 2.27. The van der Waals surface area contributed by atoms with Gasteiger partial charge in [-0.15, -0.1) is 0 Å². The predicted molar refractivity (Wildman–Crippen MR) is 91.6 cm³/mol. The van der Waals surface area contributed by atoms with E-state index in [0.717, 1.165) is 30.2 Å². The molecule has 124 valence electrons. The third-order valence-electron chi connectivity index (χ3n) is 6.27. The maximum atomic E-state index is 13.8. The molecule has 1 fully saturated rings. The van der Waals surface area contributed by atoms with Crippen molar-refractivity contribution in [3.63, 3.8) is 0 Å². The number of hydrogen-bond acceptors (Lipinski definition) is 1. The van der Waals surface area contributed by atoms with Gasteiger partial charge in [0.25, 0.3) is 0 Å². The van der Waals surface area contributed by atoms with Crippen LogP contribution in [0.25, 0.3) is 0 Å². The molecule has 1 atom stereocenters. The van der Waals surface area contributed by atoms with Crippen molar-refractivity contribution in [1.82, 2.24) is 0 Å². The maximum absolute atomic E-state index is 13.8. The van der Waals surface area contributed by atoms with Gasteiger partial charge in [0.15, 0.2) is 0 Å². The van der Waals surface area contributed by atoms with Gasteiger partial charge in [0, 0.05) is 0 Å². The SMILES string of the molecule is CCC1CCC(CCC2CCc3cc(C#N)c(F)cc3C2)CC1. The number of nitriles is 1. The topological polar surface area (TPSA) is 23.8 Å². The number of rotatable bonds is 4. The molecular weight excluding hydrogens is 285 g/mol. The lowest BCUT2D eigenvalue weighted by Crippen LogP contribution is -2.18. The van der Waals surface area contributed by atoms with E-state index in [1.165, 1.54) is 56.9 Å². The zero-order valence-electron chi connectivity index (χ0n) is 14.3. The largest absolute Gasteiger partial charge is 0.206 e. The van der Waals surface area contributed by atoms with Gasteiger partial charge in [0.1, 0.15) is 11.9 Å². The average molecular weight is 313 g/mol. The summed E-state index contributed by atoms with van der Waals surface area (Å²) in [6.07, 6.45) is 12.9. The summed E-state index contributed by atoms with van der Waals surface area (Å²) in [6, 6.07) is 5.35. The first-order chi connectivity index (χ1) is 11.2. The molecule has 1 aromatic carbocycles. The summed E-state index contributed by atoms with van der Waals surface area (Å²) in [5.41, 5.74) is 2.55. The third-order valence-corrected chi connectivity index (χ3v) is 6.27. The first-order valence-electron chi connectivity index (χ1n) is 9.41. The molecule has 23 heavy (non-hydrogen) atoms. The van der Waals surface area contributed by atoms with Crippen LogP contribution in [0, 0.1) is 34.9 Å². The van der Waals surface area contributed by atoms with Gasteiger partial charge in [-0.3, -0.25) is 0 Å². The quantitative estimate of drug-likeness (QED) is 0.689. The molecule has 0 heterocycles. The van der Waals surface area contributed by atoms with Crippen LogP contribution in [-0.4, -0.2) is 0 Å². The first-order valence-corrected chi connectivity index (χ1v) is 9.41. The monoisotopic (exact) mass is 313 g/mol. The van der Waals surface area contributed by atoms with Gasteiger partial charge in [-0.25, -0.2) is 4.39 Å². The van der Waals surface area contributed by atoms with Crippen LogP contribution in [-0.2, 0) is 12.8 Å². The van der Waals surface area contributed by atoms with Gasteiger partial charge >= 0.3 is 0 Å². The van der Waals surface area contributed by atoms with Crippen LogP contribution in [0.5, 0.6) is 0 Å². The van der Waals surface area contributed by atoms with Gasteiger partial charge in [-0.05, 0) is 66.7 Å². The second kappa shape index (κ2) is 7.47. The van der Waals surface area contributed by atoms with Crippen molar-refractivity contribution in [2.45, 2.75) is 71.1 Å². The number of benzene rings is 1. The highest BCUT2D eigenvalue weighted by Gasteiger charge is 2.24. The summed E-state index contributed by atoms with van der Waals surface area (Å²) >= 11 is 0. The summed E-state index contributed by atoms with van der Waals surface area (Å²) in [7, 11) is 0. The highest BCUT2D eigenvalue weighted by atomic mass is 19.1. The molecule has 1 nitrogen and oxygen atoms in total. The third kappa shape index (κ3) is 3.94. The number of aryl methyl sites for hydroxylation is 1. The number of hydrogen-bond donors (Lipinski definition) is 0. The fourth-order valence-corrected chi connectivity index (χ4v) is 4.59. The molecule has 0 aliphatic heterocycles. The Morgan fingerprint density at radius 3 is 2.39 bits per heavy atom. The fraction of sp³-hybridized carbons (Fsp3) is 0.667. The fourth-order valence-electron chi connectivity index (χ4n) is 4.59. The van der Waals surface area contributed by atoms with E-state index in [1.807, 2.05) is 6.07 Å². The molecule has 0 bridgehead atoms. The van der Waals surface area contributed by atoms with Crippen molar-refractivity contribution in [2.24, 2.45) is 17.8 Å². The minimum atomic E-state index is -0.343. The van der Waals surface area contributed by atoms with Crippen LogP contribution >= 0.6 is 0 Å². The predicted octanol–water partition coefficient (Wildman–Crippen LogP) is 5.80. The number of nitrogens with zero attached hydrogens (tertiary/aromatic N) is 1. The van der Waals surface area contributed by atoms with E-state index in [1.54, 1.807) is 12.1 Å². The van der Waals surface area contributed by atoms with Gasteiger partial charge in [0.2, 0.25) is 0 Å². The first kappa shape index (κ1) is 16.5. The minimum absolute atomic E-state index is 0.204. The maximum Gasteiger partial charge on any atom is 0.141 e. The number of fused-ring (bicyclic) bond motifs is 1. The smallest absolute Gasteiger partial charge is 0.141 e. The molecule has 2 aliphatic carbocycles. The van der Waals surface area contributed by atoms with Gasteiger partial charge in [-0.1, -0.05) is 45.4 Å². The molecule has 1 unspecified atom stereocenters. The van der Waals surface area contributed by atoms with E-state index in [9.17, 15) is 4.39 Å². The molecular formula is C21H28FN. The van der Waals surface area contributed by atoms with Gasteiger partial charge in [0.05, 0.1) is 5.56 Å². The summed E-state index contributed by atoms with van der Waals surface area (Å²) in [5, 5.41) is 8.95. The van der Waals surface area contributed by atoms with E-state index in [4.69, 9.17) is 5.26 Å². The summed E-state index contributed by atoms with van der Waals surface area (Å²) in [4.78, 5) is 0. The van der Waals surface area contributed by atoms with Crippen molar-refractivity contribution in [3.05, 3.63) is 34.6 Å². The standard InChI is InChI=1S/C21H28FN/c1-2-15-3-5-16(6-4-15)7-8-17-9-10-18-12-20(14-23)21(22)13-19(18)11-17/h12-13,15-17H,2-11H2,1H3. The van der Waals surface area contributed by atoms with Crippen LogP contribution < -0.4 is 0 Å². The normalized spacial score (nSPS) is 27.3. The number of halogens is 1. The Balaban J connectivity index is 1.52. The Hall–Kier alpha value is -1.36. The lowest BCUT2D eigenvalue weighted by atomic mass is 9.75. The highest BCUT2D eigenvalue weighted by molar-refractivity contribution is 5.40. The van der Waals surface area contributed by atoms with Crippen LogP contribution in [0.1, 0.15) is 75.0 Å². The van der Waals surface area contributed by atoms with E-state index < -0.39 is 0 Å². The van der Waals surface area contributed by atoms with E-state index in [-0.39, 0.29) is 11.4 Å². The molecule has 0 saturated heterocycles. The highest BCUT2D eigenvalue weighted by Crippen LogP contribution is 2.36. The Labute approximate surface area is 139 Å². The lowest BCUT2D eigenvalue weighted by Gasteiger charge is -2.30. The molecule has 0 N–H and O–H groups in total. The Kier molecular flexibility index (Phi) is 5.36. The van der Waals surface area contributed by atoms with Crippen molar-refractivity contribution in [2.75, 3.05) is 0 Å². The second-order valence-corrected chi connectivity index (χ2v) is 7.69. The Bertz CT molecular complexity index is 578. The average Bonchev–Trinajstić information content (AvgIpc) is 2.59. The molecule has 1 aromatic rings. The van der Waals surface area contributed by atoms with Crippen molar-refractivity contribution >= 4 is 0 Å². The summed E-state index contributed by atoms with van der Waals surface area (Å²) in [6.45, 7) is 2.32. The van der Waals surface area contributed by atoms with Crippen molar-refractivity contribution < 1.29 is 4.39 Å². The molecule has 2 aliphatic rings. The molecule has 0 amide bonds. The zero-order chi connectivity index (χ0) is 16.2. The molecule has 2 heteroatoms. The van der Waals surface area contributed by atoms with Gasteiger partial charge < -0.3 is 0 Å². The summed E-state index contributed by atoms with van der Waals surface area (Å²) < 4.78 is 13.8. The Morgan fingerprint density at radius 2 is 1.70 bits per heavy atom. The molecule has 3 rings (SSSR count). The van der Waals surface area contributed by atoms with Gasteiger partial charge in [-0.2, -0.15) is 5.26 Å². The van der Waals surface area contributed by atoms with E-state index in [0.29, 0.717) is 5.92 Å². The molecule has 0 spiro atoms. The van der Waals surface area contributed by atoms with Crippen LogP contribution in [0.15, 0.2) is 12.1 Å². The van der Waals surface area contributed by atoms with Crippen molar-refractivity contribution in [1.29, 1.82) is 5.26 Å². The van der Waals surface area contributed by atoms with E-state index in [2.05, 4.69) is 6.92 Å². The minimum Gasteiger partial charge on any atom is -0.206 e. The molecule has 1 saturated carbocycles. The second-order valence-electron chi connectivity index (χ2n) is 7.69. The van der Waals surface area contributed by atoms with E-state index >= 15 is 0 Å².